The van der Waals surface area contributed by atoms with Crippen LogP contribution >= 0.6 is 0 Å². The maximum absolute atomic E-state index is 10.2. The predicted octanol–water partition coefficient (Wildman–Crippen LogP) is 2.01. The summed E-state index contributed by atoms with van der Waals surface area (Å²) in [5, 5.41) is 31.3. The van der Waals surface area contributed by atoms with Crippen LogP contribution in [0.2, 0.25) is 0 Å². The summed E-state index contributed by atoms with van der Waals surface area (Å²) >= 11 is 0. The number of β-amino-alcohol motifs (C(OH)–C–C–N with tert-alkyl or cyclic N) is 1. The highest BCUT2D eigenvalue weighted by Crippen LogP contribution is 2.31. The summed E-state index contributed by atoms with van der Waals surface area (Å²) in [6, 6.07) is 7.34. The third-order valence-corrected chi connectivity index (χ3v) is 4.68. The molecule has 3 rings (SSSR count). The number of aliphatic hydroxyl groups excluding tert-OH is 1. The summed E-state index contributed by atoms with van der Waals surface area (Å²) in [6.07, 6.45) is 7.52. The van der Waals surface area contributed by atoms with Gasteiger partial charge >= 0.3 is 0 Å². The summed E-state index contributed by atoms with van der Waals surface area (Å²) in [4.78, 5) is 2.25. The van der Waals surface area contributed by atoms with E-state index in [4.69, 9.17) is 11.5 Å². The van der Waals surface area contributed by atoms with Gasteiger partial charge in [0.25, 0.3) is 0 Å². The first-order valence-corrected chi connectivity index (χ1v) is 8.84. The second-order valence-electron chi connectivity index (χ2n) is 6.65. The Bertz CT molecular complexity index is 814. The van der Waals surface area contributed by atoms with Gasteiger partial charge in [-0.2, -0.15) is 0 Å². The molecule has 1 aromatic carbocycles. The lowest BCUT2D eigenvalue weighted by Crippen LogP contribution is -2.43. The van der Waals surface area contributed by atoms with Gasteiger partial charge in [0.2, 0.25) is 0 Å². The predicted molar refractivity (Wildman–Crippen MR) is 102 cm³/mol. The van der Waals surface area contributed by atoms with Crippen LogP contribution in [0.15, 0.2) is 24.3 Å². The van der Waals surface area contributed by atoms with Crippen molar-refractivity contribution >= 4 is 5.82 Å². The monoisotopic (exact) mass is 352 g/mol. The molecule has 0 spiro atoms. The number of nitrogens with one attached hydrogen (secondary N) is 1. The van der Waals surface area contributed by atoms with Gasteiger partial charge in [-0.15, -0.1) is 16.6 Å². The fourth-order valence-corrected chi connectivity index (χ4v) is 3.37. The molecule has 0 bridgehead atoms. The summed E-state index contributed by atoms with van der Waals surface area (Å²) < 4.78 is 0. The van der Waals surface area contributed by atoms with Crippen molar-refractivity contribution < 1.29 is 10.2 Å². The summed E-state index contributed by atoms with van der Waals surface area (Å²) in [7, 11) is 0. The molecule has 1 fully saturated rings. The van der Waals surface area contributed by atoms with E-state index < -0.39 is 0 Å². The third kappa shape index (κ3) is 4.13. The van der Waals surface area contributed by atoms with E-state index in [2.05, 4.69) is 26.3 Å². The van der Waals surface area contributed by atoms with Gasteiger partial charge in [0.1, 0.15) is 11.6 Å². The van der Waals surface area contributed by atoms with Gasteiger partial charge in [-0.25, -0.2) is 0 Å². The minimum atomic E-state index is 0.102. The quantitative estimate of drug-likeness (QED) is 0.714. The number of aromatic hydroxyl groups is 1. The molecule has 2 aromatic rings. The minimum Gasteiger partial charge on any atom is -0.507 e. The molecule has 1 aromatic heterocycles. The van der Waals surface area contributed by atoms with Crippen molar-refractivity contribution in [3.63, 3.8) is 0 Å². The molecule has 2 heterocycles. The van der Waals surface area contributed by atoms with E-state index in [1.807, 2.05) is 13.0 Å². The van der Waals surface area contributed by atoms with E-state index >= 15 is 0 Å². The number of phenols is 1. The molecular formula is C20H24N4O2. The average molecular weight is 352 g/mol. The van der Waals surface area contributed by atoms with E-state index in [9.17, 15) is 5.11 Å². The zero-order valence-corrected chi connectivity index (χ0v) is 14.9. The highest BCUT2D eigenvalue weighted by atomic mass is 16.3. The summed E-state index contributed by atoms with van der Waals surface area (Å²) in [5.41, 5.74) is 2.81. The van der Waals surface area contributed by atoms with Crippen molar-refractivity contribution in [3.05, 3.63) is 35.4 Å². The van der Waals surface area contributed by atoms with Crippen LogP contribution in [0.25, 0.3) is 11.3 Å². The molecule has 0 radical (unpaired) electrons. The maximum Gasteiger partial charge on any atom is 0.149 e. The Morgan fingerprint density at radius 2 is 2.19 bits per heavy atom. The number of benzene rings is 1. The highest BCUT2D eigenvalue weighted by molar-refractivity contribution is 5.71. The van der Waals surface area contributed by atoms with Crippen LogP contribution in [0, 0.1) is 19.3 Å². The number of likely N-dealkylation sites (tertiary alicyclic amines) is 1. The summed E-state index contributed by atoms with van der Waals surface area (Å²) in [5.74, 6) is 3.33. The first-order chi connectivity index (χ1) is 12.6. The van der Waals surface area contributed by atoms with Crippen LogP contribution in [0.3, 0.4) is 0 Å². The van der Waals surface area contributed by atoms with E-state index in [0.29, 0.717) is 23.4 Å². The van der Waals surface area contributed by atoms with Gasteiger partial charge in [-0.05, 0) is 56.1 Å². The van der Waals surface area contributed by atoms with Crippen LogP contribution in [-0.4, -0.2) is 57.6 Å². The van der Waals surface area contributed by atoms with Crippen molar-refractivity contribution in [1.29, 1.82) is 0 Å². The second kappa shape index (κ2) is 8.17. The van der Waals surface area contributed by atoms with Crippen molar-refractivity contribution in [1.82, 2.24) is 15.1 Å². The fraction of sp³-hybridized carbons (Fsp3) is 0.400. The number of terminal acetylenes is 1. The highest BCUT2D eigenvalue weighted by Gasteiger charge is 2.20. The molecule has 1 aliphatic heterocycles. The first-order valence-electron chi connectivity index (χ1n) is 8.84. The number of hydrogen-bond acceptors (Lipinski definition) is 6. The number of hydrogen-bond donors (Lipinski definition) is 3. The third-order valence-electron chi connectivity index (χ3n) is 4.68. The topological polar surface area (TPSA) is 81.5 Å². The van der Waals surface area contributed by atoms with E-state index in [0.717, 1.165) is 37.3 Å². The normalized spacial score (nSPS) is 17.7. The molecule has 6 heteroatoms. The van der Waals surface area contributed by atoms with Crippen molar-refractivity contribution in [2.24, 2.45) is 0 Å². The molecule has 6 nitrogen and oxygen atoms in total. The standard InChI is InChI=1S/C20H24N4O2/c1-3-15-6-7-17(18(26)12-15)20-14(2)11-19(22-23-20)21-16-5-4-8-24(13-16)9-10-25/h1,6-7,11-12,16,25-26H,4-5,8-10,13H2,2H3,(H,21,22)/t16-/m1/s1. The van der Waals surface area contributed by atoms with Gasteiger partial charge in [-0.1, -0.05) is 5.92 Å². The number of piperidine rings is 1. The first kappa shape index (κ1) is 18.2. The maximum atomic E-state index is 10.2. The number of nitrogens with zero attached hydrogens (tertiary/aromatic N) is 3. The van der Waals surface area contributed by atoms with Crippen molar-refractivity contribution in [2.45, 2.75) is 25.8 Å². The molecule has 26 heavy (non-hydrogen) atoms. The Hall–Kier alpha value is -2.62. The van der Waals surface area contributed by atoms with Crippen molar-refractivity contribution in [2.75, 3.05) is 31.6 Å². The second-order valence-corrected chi connectivity index (χ2v) is 6.65. The van der Waals surface area contributed by atoms with Crippen LogP contribution in [0.1, 0.15) is 24.0 Å². The number of phenolic OH excluding ortho intramolecular Hbond substituents is 1. The Kier molecular flexibility index (Phi) is 5.71. The number of anilines is 1. The Balaban J connectivity index is 1.75. The Labute approximate surface area is 153 Å². The molecule has 3 N–H and O–H groups in total. The number of aromatic nitrogens is 2. The van der Waals surface area contributed by atoms with Crippen LogP contribution < -0.4 is 5.32 Å². The largest absolute Gasteiger partial charge is 0.507 e. The molecule has 1 aliphatic rings. The minimum absolute atomic E-state index is 0.102. The van der Waals surface area contributed by atoms with Gasteiger partial charge in [0.15, 0.2) is 0 Å². The van der Waals surface area contributed by atoms with Crippen LogP contribution in [0.4, 0.5) is 5.82 Å². The van der Waals surface area contributed by atoms with E-state index in [-0.39, 0.29) is 18.4 Å². The molecule has 1 saturated heterocycles. The lowest BCUT2D eigenvalue weighted by atomic mass is 10.0. The lowest BCUT2D eigenvalue weighted by Gasteiger charge is -2.32. The Morgan fingerprint density at radius 1 is 1.35 bits per heavy atom. The molecular weight excluding hydrogens is 328 g/mol. The number of aryl methyl sites for hydroxylation is 1. The van der Waals surface area contributed by atoms with Crippen LogP contribution in [-0.2, 0) is 0 Å². The molecule has 0 aliphatic carbocycles. The van der Waals surface area contributed by atoms with Gasteiger partial charge < -0.3 is 15.5 Å². The molecule has 0 amide bonds. The SMILES string of the molecule is C#Cc1ccc(-c2nnc(N[C@@H]3CCCN(CCO)C3)cc2C)c(O)c1. The zero-order valence-electron chi connectivity index (χ0n) is 14.9. The number of rotatable bonds is 5. The molecule has 136 valence electrons. The molecule has 0 saturated carbocycles. The van der Waals surface area contributed by atoms with E-state index in [1.54, 1.807) is 18.2 Å². The average Bonchev–Trinajstić information content (AvgIpc) is 2.63. The van der Waals surface area contributed by atoms with E-state index in [1.165, 1.54) is 0 Å². The van der Waals surface area contributed by atoms with Crippen LogP contribution in [0.5, 0.6) is 5.75 Å². The van der Waals surface area contributed by atoms with Gasteiger partial charge in [0, 0.05) is 30.3 Å². The number of aliphatic hydroxyl groups is 1. The zero-order chi connectivity index (χ0) is 18.5. The smallest absolute Gasteiger partial charge is 0.149 e. The molecule has 1 atom stereocenters. The summed E-state index contributed by atoms with van der Waals surface area (Å²) in [6.45, 7) is 4.74. The fourth-order valence-electron chi connectivity index (χ4n) is 3.37. The van der Waals surface area contributed by atoms with Gasteiger partial charge in [0.05, 0.1) is 12.3 Å². The van der Waals surface area contributed by atoms with Gasteiger partial charge in [-0.3, -0.25) is 4.90 Å². The Morgan fingerprint density at radius 3 is 2.88 bits per heavy atom. The lowest BCUT2D eigenvalue weighted by molar-refractivity contribution is 0.166. The van der Waals surface area contributed by atoms with Crippen molar-refractivity contribution in [3.8, 4) is 29.4 Å². The molecule has 0 unspecified atom stereocenters.